The van der Waals surface area contributed by atoms with Gasteiger partial charge in [-0.3, -0.25) is 14.5 Å². The van der Waals surface area contributed by atoms with Crippen LogP contribution < -0.4 is 10.4 Å². The maximum absolute atomic E-state index is 14.2. The maximum atomic E-state index is 14.2. The highest BCUT2D eigenvalue weighted by atomic mass is 32.1. The average molecular weight is 750 g/mol. The fourth-order valence-corrected chi connectivity index (χ4v) is 14.1. The molecule has 0 saturated carbocycles. The molecule has 2 aliphatic heterocycles. The summed E-state index contributed by atoms with van der Waals surface area (Å²) in [6.07, 6.45) is 4.38. The molecule has 6 nitrogen and oxygen atoms in total. The average Bonchev–Trinajstić information content (AvgIpc) is 3.89. The Hall–Kier alpha value is -4.15. The molecule has 1 aliphatic carbocycles. The van der Waals surface area contributed by atoms with Crippen molar-refractivity contribution in [2.45, 2.75) is 71.1 Å². The van der Waals surface area contributed by atoms with Crippen molar-refractivity contribution < 1.29 is 28.2 Å². The Kier molecular flexibility index (Phi) is 10.7. The molecule has 1 aromatic heterocycles. The van der Waals surface area contributed by atoms with Gasteiger partial charge in [-0.2, -0.15) is 0 Å². The Labute approximate surface area is 317 Å². The van der Waals surface area contributed by atoms with Crippen molar-refractivity contribution in [3.05, 3.63) is 129 Å². The number of allylic oxidation sites excluding steroid dienone is 1. The zero-order valence-electron chi connectivity index (χ0n) is 30.9. The van der Waals surface area contributed by atoms with Crippen molar-refractivity contribution in [3.8, 4) is 5.75 Å². The normalized spacial score (nSPS) is 22.1. The second-order valence-electron chi connectivity index (χ2n) is 15.5. The minimum absolute atomic E-state index is 0.101. The molecule has 3 aromatic carbocycles. The largest absolute Gasteiger partial charge is 0.505 e. The van der Waals surface area contributed by atoms with E-state index in [0.29, 0.717) is 44.6 Å². The topological polar surface area (TPSA) is 76.1 Å². The minimum atomic E-state index is -2.91. The van der Waals surface area contributed by atoms with Crippen LogP contribution in [0.3, 0.4) is 0 Å². The third kappa shape index (κ3) is 7.12. The van der Waals surface area contributed by atoms with Crippen molar-refractivity contribution in [1.29, 1.82) is 0 Å². The Morgan fingerprint density at radius 3 is 2.28 bits per heavy atom. The molecule has 0 spiro atoms. The number of hydrogen-bond acceptors (Lipinski definition) is 6. The molecule has 2 saturated heterocycles. The molecule has 3 aliphatic rings. The third-order valence-corrected chi connectivity index (χ3v) is 17.2. The van der Waals surface area contributed by atoms with Crippen LogP contribution >= 0.6 is 11.3 Å². The fraction of sp³-hybridized carbons (Fsp3) is 0.364. The van der Waals surface area contributed by atoms with Crippen LogP contribution in [0.25, 0.3) is 6.08 Å². The predicted molar refractivity (Wildman–Crippen MR) is 211 cm³/mol. The van der Waals surface area contributed by atoms with Gasteiger partial charge in [-0.25, -0.2) is 4.39 Å². The van der Waals surface area contributed by atoms with Gasteiger partial charge in [0.1, 0.15) is 0 Å². The molecule has 9 heteroatoms. The number of aromatic hydroxyl groups is 1. The molecule has 2 fully saturated rings. The highest BCUT2D eigenvalue weighted by molar-refractivity contribution is 7.09. The number of halogens is 1. The molecule has 1 N–H and O–H groups in total. The zero-order chi connectivity index (χ0) is 37.3. The number of nitrogens with zero attached hydrogens (tertiary/aromatic N) is 1. The first-order valence-electron chi connectivity index (χ1n) is 18.7. The summed E-state index contributed by atoms with van der Waals surface area (Å²) >= 11 is 1.55. The van der Waals surface area contributed by atoms with Gasteiger partial charge < -0.3 is 14.3 Å². The SMILES string of the molecule is CC/C(=C\c1ccc(O)c(F)c1)CC[C@H]1OC[C@H]2C1=C(CO[Si](c1ccccc1)(c1ccccc1)C(C)(C)C)C[C@H]1C(=O)N(Cc3cccs3)C(=O)[C@H]12. The lowest BCUT2D eigenvalue weighted by Crippen LogP contribution is -2.66. The zero-order valence-corrected chi connectivity index (χ0v) is 32.7. The molecule has 4 atom stereocenters. The molecule has 0 radical (unpaired) electrons. The molecule has 276 valence electrons. The summed E-state index contributed by atoms with van der Waals surface area (Å²) in [4.78, 5) is 30.8. The van der Waals surface area contributed by atoms with Gasteiger partial charge in [0, 0.05) is 10.8 Å². The fourth-order valence-electron chi connectivity index (χ4n) is 8.86. The summed E-state index contributed by atoms with van der Waals surface area (Å²) in [6.45, 7) is 9.89. The summed E-state index contributed by atoms with van der Waals surface area (Å²) < 4.78 is 28.3. The van der Waals surface area contributed by atoms with Crippen LogP contribution in [0.1, 0.15) is 63.8 Å². The van der Waals surface area contributed by atoms with E-state index in [1.165, 1.54) is 27.4 Å². The van der Waals surface area contributed by atoms with E-state index < -0.39 is 26.0 Å². The molecular weight excluding hydrogens is 702 g/mol. The molecule has 7 rings (SSSR count). The standard InChI is InChI=1S/C44H48FNO5SSi/c1-5-29(23-30-18-20-38(47)37(45)24-30)19-21-39-40-31(25-35-41(36(40)28-50-39)43(49)46(42(35)48)26-32-13-12-22-52-32)27-51-53(44(2,3)4,33-14-8-6-9-15-33)34-16-10-7-11-17-34/h6-18,20,22-24,35-36,39,41,47H,5,19,21,25-28H2,1-4H3/b29-23+/t35-,36+,39-,41-/m1/s1. The van der Waals surface area contributed by atoms with Crippen molar-refractivity contribution >= 4 is 47.9 Å². The van der Waals surface area contributed by atoms with E-state index in [1.807, 2.05) is 35.7 Å². The number of benzene rings is 3. The first-order chi connectivity index (χ1) is 25.5. The second kappa shape index (κ2) is 15.3. The predicted octanol–water partition coefficient (Wildman–Crippen LogP) is 8.26. The molecule has 2 amide bonds. The van der Waals surface area contributed by atoms with Gasteiger partial charge in [-0.05, 0) is 81.4 Å². The van der Waals surface area contributed by atoms with Gasteiger partial charge in [-0.15, -0.1) is 11.3 Å². The van der Waals surface area contributed by atoms with Crippen LogP contribution in [0.15, 0.2) is 113 Å². The number of thiophene rings is 1. The van der Waals surface area contributed by atoms with Gasteiger partial charge in [0.25, 0.3) is 8.32 Å². The van der Waals surface area contributed by atoms with E-state index in [2.05, 4.69) is 76.2 Å². The molecule has 0 unspecified atom stereocenters. The smallest absolute Gasteiger partial charge is 0.261 e. The van der Waals surface area contributed by atoms with Crippen molar-refractivity contribution in [1.82, 2.24) is 4.90 Å². The Balaban J connectivity index is 1.25. The number of likely N-dealkylation sites (tertiary alicyclic amines) is 1. The van der Waals surface area contributed by atoms with Gasteiger partial charge >= 0.3 is 0 Å². The minimum Gasteiger partial charge on any atom is -0.505 e. The van der Waals surface area contributed by atoms with Crippen molar-refractivity contribution in [3.63, 3.8) is 0 Å². The Morgan fingerprint density at radius 1 is 0.981 bits per heavy atom. The Morgan fingerprint density at radius 2 is 1.68 bits per heavy atom. The number of phenolic OH excluding ortho intramolecular Hbond substituents is 1. The number of carbonyl (C=O) groups is 2. The first-order valence-corrected chi connectivity index (χ1v) is 21.4. The van der Waals surface area contributed by atoms with E-state index in [1.54, 1.807) is 17.4 Å². The van der Waals surface area contributed by atoms with E-state index in [4.69, 9.17) is 9.16 Å². The lowest BCUT2D eigenvalue weighted by atomic mass is 9.69. The lowest BCUT2D eigenvalue weighted by Gasteiger charge is -2.44. The number of hydrogen-bond donors (Lipinski definition) is 1. The number of fused-ring (bicyclic) bond motifs is 3. The lowest BCUT2D eigenvalue weighted by molar-refractivity contribution is -0.140. The van der Waals surface area contributed by atoms with E-state index >= 15 is 0 Å². The highest BCUT2D eigenvalue weighted by Gasteiger charge is 2.58. The summed E-state index contributed by atoms with van der Waals surface area (Å²) in [5.41, 5.74) is 4.03. The third-order valence-electron chi connectivity index (χ3n) is 11.4. The highest BCUT2D eigenvalue weighted by Crippen LogP contribution is 2.51. The van der Waals surface area contributed by atoms with Crippen LogP contribution in [-0.2, 0) is 25.3 Å². The molecule has 4 aromatic rings. The van der Waals surface area contributed by atoms with Gasteiger partial charge in [0.2, 0.25) is 11.8 Å². The van der Waals surface area contributed by atoms with E-state index in [9.17, 15) is 19.1 Å². The number of rotatable bonds is 12. The summed E-state index contributed by atoms with van der Waals surface area (Å²) in [6, 6.07) is 29.5. The van der Waals surface area contributed by atoms with Crippen LogP contribution in [0.5, 0.6) is 5.75 Å². The van der Waals surface area contributed by atoms with Crippen molar-refractivity contribution in [2.24, 2.45) is 17.8 Å². The quantitative estimate of drug-likeness (QED) is 0.0898. The van der Waals surface area contributed by atoms with Crippen LogP contribution in [0.2, 0.25) is 5.04 Å². The molecule has 0 bridgehead atoms. The monoisotopic (exact) mass is 749 g/mol. The van der Waals surface area contributed by atoms with Gasteiger partial charge in [0.05, 0.1) is 37.7 Å². The summed E-state index contributed by atoms with van der Waals surface area (Å²) in [7, 11) is -2.91. The number of phenols is 1. The van der Waals surface area contributed by atoms with E-state index in [-0.39, 0.29) is 34.6 Å². The number of amides is 2. The maximum Gasteiger partial charge on any atom is 0.261 e. The molecular formula is C44H48FNO5SSi. The summed E-state index contributed by atoms with van der Waals surface area (Å²) in [5.74, 6) is -2.33. The molecule has 3 heterocycles. The van der Waals surface area contributed by atoms with Crippen LogP contribution in [0.4, 0.5) is 4.39 Å². The number of imide groups is 1. The first kappa shape index (κ1) is 37.2. The molecule has 53 heavy (non-hydrogen) atoms. The van der Waals surface area contributed by atoms with Crippen LogP contribution in [-0.4, -0.2) is 49.5 Å². The number of carbonyl (C=O) groups excluding carboxylic acids is 2. The van der Waals surface area contributed by atoms with Crippen LogP contribution in [0, 0.1) is 23.6 Å². The van der Waals surface area contributed by atoms with Gasteiger partial charge in [-0.1, -0.05) is 112 Å². The second-order valence-corrected chi connectivity index (χ2v) is 20.9. The number of ether oxygens (including phenoxy) is 1. The Bertz CT molecular complexity index is 1970. The van der Waals surface area contributed by atoms with Gasteiger partial charge in [0.15, 0.2) is 11.6 Å². The summed E-state index contributed by atoms with van der Waals surface area (Å²) in [5, 5.41) is 13.8. The van der Waals surface area contributed by atoms with E-state index in [0.717, 1.165) is 28.0 Å². The van der Waals surface area contributed by atoms with Crippen molar-refractivity contribution in [2.75, 3.05) is 13.2 Å².